The molecule has 0 rings (SSSR count). The highest BCUT2D eigenvalue weighted by Crippen LogP contribution is 2.12. The molecule has 0 spiro atoms. The van der Waals surface area contributed by atoms with E-state index in [4.69, 9.17) is 0 Å². The molecule has 0 aliphatic heterocycles. The summed E-state index contributed by atoms with van der Waals surface area (Å²) in [5, 5.41) is 1.07. The third-order valence-electron chi connectivity index (χ3n) is 0.637. The molecule has 8 heavy (non-hydrogen) atoms. The van der Waals surface area contributed by atoms with Gasteiger partial charge in [-0.05, 0) is 18.8 Å². The van der Waals surface area contributed by atoms with Gasteiger partial charge in [0.05, 0.1) is 5.04 Å². The Hall–Kier alpha value is -0.240. The van der Waals surface area contributed by atoms with Crippen molar-refractivity contribution in [2.24, 2.45) is 4.99 Å². The fraction of sp³-hybridized carbons (Fsp3) is 0.500. The van der Waals surface area contributed by atoms with Gasteiger partial charge in [0.1, 0.15) is 0 Å². The molecule has 0 atom stereocenters. The number of hydrogen-bond acceptors (Lipinski definition) is 2. The van der Waals surface area contributed by atoms with Crippen LogP contribution in [0.4, 0.5) is 0 Å². The summed E-state index contributed by atoms with van der Waals surface area (Å²) in [6.07, 6.45) is 0. The first-order chi connectivity index (χ1) is 3.66. The Labute approximate surface area is 54.9 Å². The number of hydrogen-bond donors (Lipinski definition) is 0. The van der Waals surface area contributed by atoms with Crippen molar-refractivity contribution < 1.29 is 0 Å². The highest BCUT2D eigenvalue weighted by molar-refractivity contribution is 8.17. The molecule has 46 valence electrons. The number of allylic oxidation sites excluding steroid dienone is 1. The first kappa shape index (κ1) is 7.76. The average molecular weight is 129 g/mol. The molecule has 0 unspecified atom stereocenters. The summed E-state index contributed by atoms with van der Waals surface area (Å²) in [6, 6.07) is 0. The number of thioether (sulfide) groups is 1. The zero-order valence-electron chi connectivity index (χ0n) is 5.56. The lowest BCUT2D eigenvalue weighted by Crippen LogP contribution is -1.79. The Morgan fingerprint density at radius 1 is 1.50 bits per heavy atom. The van der Waals surface area contributed by atoms with Crippen molar-refractivity contribution in [3.05, 3.63) is 11.5 Å². The van der Waals surface area contributed by atoms with E-state index in [1.807, 2.05) is 13.8 Å². The molecular formula is C6H11NS. The molecule has 0 fully saturated rings. The predicted molar refractivity (Wildman–Crippen MR) is 41.4 cm³/mol. The van der Waals surface area contributed by atoms with E-state index in [1.54, 1.807) is 18.8 Å². The Morgan fingerprint density at radius 2 is 2.00 bits per heavy atom. The molecule has 1 nitrogen and oxygen atoms in total. The van der Waals surface area contributed by atoms with Crippen LogP contribution < -0.4 is 0 Å². The summed E-state index contributed by atoms with van der Waals surface area (Å²) >= 11 is 1.61. The highest BCUT2D eigenvalue weighted by atomic mass is 32.2. The van der Waals surface area contributed by atoms with Crippen LogP contribution in [0, 0.1) is 0 Å². The summed E-state index contributed by atoms with van der Waals surface area (Å²) in [7, 11) is 1.78. The van der Waals surface area contributed by atoms with Gasteiger partial charge in [-0.1, -0.05) is 18.3 Å². The van der Waals surface area contributed by atoms with Crippen LogP contribution in [0.3, 0.4) is 0 Å². The predicted octanol–water partition coefficient (Wildman–Crippen LogP) is 2.30. The van der Waals surface area contributed by atoms with Gasteiger partial charge < -0.3 is 0 Å². The van der Waals surface area contributed by atoms with Crippen LogP contribution >= 0.6 is 11.8 Å². The topological polar surface area (TPSA) is 12.4 Å². The molecule has 0 aromatic carbocycles. The van der Waals surface area contributed by atoms with Gasteiger partial charge in [-0.15, -0.1) is 0 Å². The monoisotopic (exact) mass is 129 g/mol. The van der Waals surface area contributed by atoms with Crippen LogP contribution in [0.1, 0.15) is 13.8 Å². The Balaban J connectivity index is 3.56. The Kier molecular flexibility index (Phi) is 3.61. The van der Waals surface area contributed by atoms with Gasteiger partial charge in [0.2, 0.25) is 0 Å². The second-order valence-electron chi connectivity index (χ2n) is 1.55. The van der Waals surface area contributed by atoms with Gasteiger partial charge in [0, 0.05) is 7.05 Å². The maximum Gasteiger partial charge on any atom is 0.0685 e. The van der Waals surface area contributed by atoms with E-state index in [1.165, 1.54) is 0 Å². The van der Waals surface area contributed by atoms with E-state index in [9.17, 15) is 0 Å². The minimum Gasteiger partial charge on any atom is -0.286 e. The van der Waals surface area contributed by atoms with Gasteiger partial charge in [0.25, 0.3) is 0 Å². The van der Waals surface area contributed by atoms with Crippen molar-refractivity contribution in [3.63, 3.8) is 0 Å². The SMILES string of the molecule is C=C(C)SC(C)=NC. The molecule has 0 aromatic heterocycles. The molecule has 2 heteroatoms. The molecule has 0 bridgehead atoms. The van der Waals surface area contributed by atoms with E-state index in [0.717, 1.165) is 9.95 Å². The lowest BCUT2D eigenvalue weighted by molar-refractivity contribution is 1.45. The third-order valence-corrected chi connectivity index (χ3v) is 1.46. The van der Waals surface area contributed by atoms with Crippen LogP contribution in [0.15, 0.2) is 16.5 Å². The zero-order chi connectivity index (χ0) is 6.57. The molecule has 0 N–H and O–H groups in total. The number of rotatable bonds is 1. The molecule has 0 radical (unpaired) electrons. The summed E-state index contributed by atoms with van der Waals surface area (Å²) in [6.45, 7) is 7.67. The molecule has 0 amide bonds. The van der Waals surface area contributed by atoms with Crippen LogP contribution in [0.5, 0.6) is 0 Å². The third kappa shape index (κ3) is 3.93. The van der Waals surface area contributed by atoms with Crippen LogP contribution in [-0.2, 0) is 0 Å². The fourth-order valence-corrected chi connectivity index (χ4v) is 0.893. The first-order valence-electron chi connectivity index (χ1n) is 2.43. The minimum absolute atomic E-state index is 1.07. The molecule has 0 heterocycles. The van der Waals surface area contributed by atoms with Gasteiger partial charge in [-0.25, -0.2) is 0 Å². The van der Waals surface area contributed by atoms with Crippen molar-refractivity contribution in [1.82, 2.24) is 0 Å². The molecule has 0 saturated heterocycles. The summed E-state index contributed by atoms with van der Waals surface area (Å²) in [5.74, 6) is 0. The molecule has 0 aliphatic rings. The van der Waals surface area contributed by atoms with E-state index in [0.29, 0.717) is 0 Å². The molecule has 0 aromatic rings. The second kappa shape index (κ2) is 3.72. The summed E-state index contributed by atoms with van der Waals surface area (Å²) in [5.41, 5.74) is 0. The maximum absolute atomic E-state index is 3.95. The average Bonchev–Trinajstić information content (AvgIpc) is 1.65. The van der Waals surface area contributed by atoms with Crippen LogP contribution in [0.25, 0.3) is 0 Å². The van der Waals surface area contributed by atoms with Crippen molar-refractivity contribution in [2.45, 2.75) is 13.8 Å². The number of aliphatic imine (C=N–C) groups is 1. The van der Waals surface area contributed by atoms with Gasteiger partial charge >= 0.3 is 0 Å². The molecule has 0 saturated carbocycles. The highest BCUT2D eigenvalue weighted by Gasteiger charge is 1.87. The largest absolute Gasteiger partial charge is 0.286 e. The lowest BCUT2D eigenvalue weighted by Gasteiger charge is -1.93. The minimum atomic E-state index is 1.07. The van der Waals surface area contributed by atoms with Crippen LogP contribution in [0.2, 0.25) is 0 Å². The number of nitrogens with zero attached hydrogens (tertiary/aromatic N) is 1. The van der Waals surface area contributed by atoms with Crippen molar-refractivity contribution in [3.8, 4) is 0 Å². The van der Waals surface area contributed by atoms with E-state index >= 15 is 0 Å². The van der Waals surface area contributed by atoms with Gasteiger partial charge in [0.15, 0.2) is 0 Å². The first-order valence-corrected chi connectivity index (χ1v) is 3.25. The van der Waals surface area contributed by atoms with E-state index in [2.05, 4.69) is 11.6 Å². The van der Waals surface area contributed by atoms with E-state index in [-0.39, 0.29) is 0 Å². The summed E-state index contributed by atoms with van der Waals surface area (Å²) < 4.78 is 0. The maximum atomic E-state index is 3.95. The van der Waals surface area contributed by atoms with Crippen LogP contribution in [-0.4, -0.2) is 12.1 Å². The Morgan fingerprint density at radius 3 is 2.12 bits per heavy atom. The van der Waals surface area contributed by atoms with Gasteiger partial charge in [-0.2, -0.15) is 0 Å². The second-order valence-corrected chi connectivity index (χ2v) is 3.04. The van der Waals surface area contributed by atoms with Crippen molar-refractivity contribution in [2.75, 3.05) is 7.05 Å². The fourth-order valence-electron chi connectivity index (χ4n) is 0.298. The summed E-state index contributed by atoms with van der Waals surface area (Å²) in [4.78, 5) is 5.04. The quantitative estimate of drug-likeness (QED) is 0.391. The Bertz CT molecular complexity index is 116. The smallest absolute Gasteiger partial charge is 0.0685 e. The zero-order valence-corrected chi connectivity index (χ0v) is 6.38. The van der Waals surface area contributed by atoms with Gasteiger partial charge in [-0.3, -0.25) is 4.99 Å². The molecule has 0 aliphatic carbocycles. The van der Waals surface area contributed by atoms with E-state index < -0.39 is 0 Å². The normalized spacial score (nSPS) is 11.6. The van der Waals surface area contributed by atoms with Crippen molar-refractivity contribution >= 4 is 16.8 Å². The lowest BCUT2D eigenvalue weighted by atomic mass is 10.8. The standard InChI is InChI=1S/C6H11NS/c1-5(2)8-6(3)7-4/h1H2,2-4H3. The van der Waals surface area contributed by atoms with Crippen molar-refractivity contribution in [1.29, 1.82) is 0 Å². The molecular weight excluding hydrogens is 118 g/mol.